The highest BCUT2D eigenvalue weighted by atomic mass is 35.5. The maximum atomic E-state index is 12.9. The fourth-order valence-electron chi connectivity index (χ4n) is 5.54. The van der Waals surface area contributed by atoms with Crippen LogP contribution in [0.3, 0.4) is 0 Å². The van der Waals surface area contributed by atoms with Crippen molar-refractivity contribution in [2.45, 2.75) is 31.1 Å². The van der Waals surface area contributed by atoms with Crippen molar-refractivity contribution < 1.29 is 28.6 Å². The first kappa shape index (κ1) is 26.3. The molecule has 0 radical (unpaired) electrons. The van der Waals surface area contributed by atoms with Gasteiger partial charge in [0.2, 0.25) is 0 Å². The topological polar surface area (TPSA) is 111 Å². The van der Waals surface area contributed by atoms with Crippen molar-refractivity contribution in [3.8, 4) is 5.75 Å². The number of piperidine rings is 3. The van der Waals surface area contributed by atoms with Crippen molar-refractivity contribution in [2.75, 3.05) is 31.1 Å². The van der Waals surface area contributed by atoms with Crippen molar-refractivity contribution in [3.05, 3.63) is 70.2 Å². The molecule has 38 heavy (non-hydrogen) atoms. The Hall–Kier alpha value is -3.27. The second-order valence-corrected chi connectivity index (χ2v) is 10.6. The molecule has 200 valence electrons. The van der Waals surface area contributed by atoms with Crippen molar-refractivity contribution in [3.63, 3.8) is 0 Å². The molecule has 4 aliphatic heterocycles. The number of fused-ring (bicyclic) bond motifs is 4. The number of nitrogens with zero attached hydrogens (tertiary/aromatic N) is 2. The predicted molar refractivity (Wildman–Crippen MR) is 141 cm³/mol. The fourth-order valence-corrected chi connectivity index (χ4v) is 5.83. The summed E-state index contributed by atoms with van der Waals surface area (Å²) in [5.41, 5.74) is 6.54. The summed E-state index contributed by atoms with van der Waals surface area (Å²) in [7, 11) is 0. The number of halogens is 2. The molecule has 9 nitrogen and oxygen atoms in total. The minimum atomic E-state index is -1.43. The van der Waals surface area contributed by atoms with Crippen LogP contribution in [0.25, 0.3) is 0 Å². The summed E-state index contributed by atoms with van der Waals surface area (Å²) >= 11 is 12.5. The van der Waals surface area contributed by atoms with Crippen LogP contribution in [0.4, 0.5) is 10.5 Å². The Labute approximate surface area is 230 Å². The number of amides is 1. The van der Waals surface area contributed by atoms with Gasteiger partial charge in [-0.3, -0.25) is 0 Å². The van der Waals surface area contributed by atoms with E-state index in [0.29, 0.717) is 21.7 Å². The molecule has 1 amide bonds. The minimum Gasteiger partial charge on any atom is -0.448 e. The Balaban J connectivity index is 1.50. The third kappa shape index (κ3) is 5.90. The molecule has 4 aliphatic rings. The van der Waals surface area contributed by atoms with Crippen LogP contribution < -0.4 is 15.4 Å². The van der Waals surface area contributed by atoms with Crippen LogP contribution in [0.15, 0.2) is 54.6 Å². The second kappa shape index (κ2) is 10.8. The molecular formula is C27H27Cl2N3O6. The van der Waals surface area contributed by atoms with Gasteiger partial charge in [0.25, 0.3) is 5.79 Å². The van der Waals surface area contributed by atoms with E-state index in [4.69, 9.17) is 38.4 Å². The van der Waals surface area contributed by atoms with Gasteiger partial charge in [0.1, 0.15) is 5.75 Å². The van der Waals surface area contributed by atoms with E-state index in [0.717, 1.165) is 55.9 Å². The van der Waals surface area contributed by atoms with Crippen molar-refractivity contribution in [1.29, 1.82) is 0 Å². The molecule has 2 N–H and O–H groups in total. The number of rotatable bonds is 6. The quantitative estimate of drug-likeness (QED) is 0.321. The zero-order valence-corrected chi connectivity index (χ0v) is 22.0. The summed E-state index contributed by atoms with van der Waals surface area (Å²) in [6, 6.07) is 12.8. The molecule has 0 saturated carbocycles. The molecule has 2 unspecified atom stereocenters. The number of anilines is 1. The van der Waals surface area contributed by atoms with E-state index < -0.39 is 23.8 Å². The maximum absolute atomic E-state index is 12.9. The first-order valence-corrected chi connectivity index (χ1v) is 13.1. The lowest BCUT2D eigenvalue weighted by Crippen LogP contribution is -2.64. The summed E-state index contributed by atoms with van der Waals surface area (Å²) in [4.78, 5) is 40.1. The summed E-state index contributed by atoms with van der Waals surface area (Å²) in [6.45, 7) is 3.28. The molecule has 2 aromatic rings. The molecule has 2 bridgehead atoms. The number of hydrogen-bond donors (Lipinski definition) is 1. The molecule has 0 aliphatic carbocycles. The van der Waals surface area contributed by atoms with E-state index >= 15 is 0 Å². The SMILES string of the molecule is NC(=O)OC(=O)/C=C/C(=O)OC1(Cc2ccc(Cl)cc2)CN(C2CN3CCC2CC3)c2cc(Cl)ccc2O1. The Morgan fingerprint density at radius 2 is 1.71 bits per heavy atom. The van der Waals surface area contributed by atoms with Gasteiger partial charge in [-0.15, -0.1) is 0 Å². The largest absolute Gasteiger partial charge is 0.448 e. The van der Waals surface area contributed by atoms with Crippen LogP contribution in [0.1, 0.15) is 18.4 Å². The van der Waals surface area contributed by atoms with E-state index in [1.165, 1.54) is 0 Å². The molecule has 2 atom stereocenters. The van der Waals surface area contributed by atoms with Crippen LogP contribution in [0.5, 0.6) is 5.75 Å². The number of hydrogen-bond acceptors (Lipinski definition) is 8. The number of benzene rings is 2. The van der Waals surface area contributed by atoms with Gasteiger partial charge in [-0.25, -0.2) is 14.4 Å². The highest BCUT2D eigenvalue weighted by molar-refractivity contribution is 6.31. The number of primary amides is 1. The molecular weight excluding hydrogens is 533 g/mol. The number of ether oxygens (including phenoxy) is 3. The van der Waals surface area contributed by atoms with Crippen molar-refractivity contribution >= 4 is 46.9 Å². The first-order chi connectivity index (χ1) is 18.2. The Morgan fingerprint density at radius 3 is 2.37 bits per heavy atom. The average Bonchev–Trinajstić information content (AvgIpc) is 2.89. The molecule has 6 rings (SSSR count). The summed E-state index contributed by atoms with van der Waals surface area (Å²) in [5.74, 6) is -2.34. The lowest BCUT2D eigenvalue weighted by atomic mass is 9.82. The predicted octanol–water partition coefficient (Wildman–Crippen LogP) is 3.95. The lowest BCUT2D eigenvalue weighted by molar-refractivity contribution is -0.192. The van der Waals surface area contributed by atoms with Gasteiger partial charge in [-0.1, -0.05) is 35.3 Å². The van der Waals surface area contributed by atoms with E-state index in [1.54, 1.807) is 24.3 Å². The van der Waals surface area contributed by atoms with Gasteiger partial charge in [-0.05, 0) is 67.7 Å². The van der Waals surface area contributed by atoms with Gasteiger partial charge in [0.15, 0.2) is 0 Å². The minimum absolute atomic E-state index is 0.183. The fraction of sp³-hybridized carbons (Fsp3) is 0.370. The van der Waals surface area contributed by atoms with Gasteiger partial charge in [0, 0.05) is 34.8 Å². The Bertz CT molecular complexity index is 1260. The van der Waals surface area contributed by atoms with E-state index in [-0.39, 0.29) is 19.0 Å². The highest BCUT2D eigenvalue weighted by Gasteiger charge is 2.48. The Morgan fingerprint density at radius 1 is 1.03 bits per heavy atom. The van der Waals surface area contributed by atoms with Gasteiger partial charge >= 0.3 is 18.0 Å². The summed E-state index contributed by atoms with van der Waals surface area (Å²) < 4.78 is 16.6. The van der Waals surface area contributed by atoms with Crippen LogP contribution in [0, 0.1) is 5.92 Å². The van der Waals surface area contributed by atoms with Crippen LogP contribution >= 0.6 is 23.2 Å². The highest BCUT2D eigenvalue weighted by Crippen LogP contribution is 2.44. The van der Waals surface area contributed by atoms with E-state index in [1.807, 2.05) is 18.2 Å². The molecule has 4 heterocycles. The number of nitrogens with two attached hydrogens (primary N) is 1. The van der Waals surface area contributed by atoms with Crippen LogP contribution in [-0.2, 0) is 25.5 Å². The Kier molecular flexibility index (Phi) is 7.52. The molecule has 0 aromatic heterocycles. The molecule has 3 fully saturated rings. The zero-order chi connectivity index (χ0) is 26.9. The molecule has 3 saturated heterocycles. The summed E-state index contributed by atoms with van der Waals surface area (Å²) in [6.07, 6.45) is 2.79. The standard InChI is InChI=1S/C27H27Cl2N3O6/c28-19-3-1-17(2-4-19)14-27(38-25(34)8-7-24(33)36-26(30)35)16-32(21-13-20(29)5-6-23(21)37-27)22-15-31-11-9-18(22)10-12-31/h1-8,13,18,22H,9-12,14-16H2,(H2,30,35)/b8-7+. The molecule has 0 spiro atoms. The molecule has 2 aromatic carbocycles. The monoisotopic (exact) mass is 559 g/mol. The number of carbonyl (C=O) groups is 3. The van der Waals surface area contributed by atoms with E-state index in [9.17, 15) is 14.4 Å². The lowest BCUT2D eigenvalue weighted by Gasteiger charge is -2.53. The average molecular weight is 560 g/mol. The van der Waals surface area contributed by atoms with Crippen LogP contribution in [-0.4, -0.2) is 60.9 Å². The second-order valence-electron chi connectivity index (χ2n) is 9.76. The maximum Gasteiger partial charge on any atom is 0.412 e. The normalized spacial score (nSPS) is 25.9. The first-order valence-electron chi connectivity index (χ1n) is 12.3. The van der Waals surface area contributed by atoms with Crippen molar-refractivity contribution in [2.24, 2.45) is 11.7 Å². The smallest absolute Gasteiger partial charge is 0.412 e. The van der Waals surface area contributed by atoms with E-state index in [2.05, 4.69) is 14.5 Å². The zero-order valence-electron chi connectivity index (χ0n) is 20.5. The van der Waals surface area contributed by atoms with Gasteiger partial charge in [-0.2, -0.15) is 0 Å². The van der Waals surface area contributed by atoms with Gasteiger partial charge in [0.05, 0.1) is 18.7 Å². The van der Waals surface area contributed by atoms with Crippen LogP contribution in [0.2, 0.25) is 10.0 Å². The molecule has 11 heteroatoms. The third-order valence-electron chi connectivity index (χ3n) is 7.19. The summed E-state index contributed by atoms with van der Waals surface area (Å²) in [5, 5.41) is 1.16. The third-order valence-corrected chi connectivity index (χ3v) is 7.68. The number of esters is 2. The number of carbonyl (C=O) groups excluding carboxylic acids is 3. The van der Waals surface area contributed by atoms with Crippen molar-refractivity contribution in [1.82, 2.24) is 4.90 Å². The van der Waals surface area contributed by atoms with Gasteiger partial charge < -0.3 is 29.7 Å².